The molecule has 0 N–H and O–H groups in total. The second-order valence-electron chi connectivity index (χ2n) is 4.24. The minimum absolute atomic E-state index is 0.0569. The van der Waals surface area contributed by atoms with Crippen LogP contribution in [0.1, 0.15) is 23.7 Å². The maximum absolute atomic E-state index is 12.2. The summed E-state index contributed by atoms with van der Waals surface area (Å²) in [7, 11) is 1.30. The van der Waals surface area contributed by atoms with Gasteiger partial charge in [-0.2, -0.15) is 0 Å². The summed E-state index contributed by atoms with van der Waals surface area (Å²) in [5, 5.41) is 0. The Morgan fingerprint density at radius 3 is 2.84 bits per heavy atom. The Bertz CT molecular complexity index is 526. The molecule has 0 aliphatic carbocycles. The topological polar surface area (TPSA) is 61.8 Å². The third kappa shape index (κ3) is 2.89. The van der Waals surface area contributed by atoms with Gasteiger partial charge in [-0.15, -0.1) is 0 Å². The second kappa shape index (κ2) is 5.61. The average Bonchev–Trinajstić information content (AvgIpc) is 2.86. The van der Waals surface area contributed by atoms with Gasteiger partial charge in [-0.3, -0.25) is 9.59 Å². The van der Waals surface area contributed by atoms with Crippen molar-refractivity contribution in [2.75, 3.05) is 13.9 Å². The van der Waals surface area contributed by atoms with Crippen LogP contribution in [0.4, 0.5) is 0 Å². The van der Waals surface area contributed by atoms with E-state index >= 15 is 0 Å². The van der Waals surface area contributed by atoms with Gasteiger partial charge in [0.25, 0.3) is 0 Å². The van der Waals surface area contributed by atoms with Crippen LogP contribution in [0.5, 0.6) is 11.5 Å². The molecule has 1 atom stereocenters. The number of carbonyl (C=O) groups is 2. The molecule has 5 nitrogen and oxygen atoms in total. The van der Waals surface area contributed by atoms with Crippen LogP contribution < -0.4 is 9.47 Å². The summed E-state index contributed by atoms with van der Waals surface area (Å²) in [6.45, 7) is 1.83. The smallest absolute Gasteiger partial charge is 0.306 e. The number of fused-ring (bicyclic) bond motifs is 1. The molecular formula is C13H13BrO5. The second-order valence-corrected chi connectivity index (χ2v) is 5.09. The quantitative estimate of drug-likeness (QED) is 0.628. The monoisotopic (exact) mass is 328 g/mol. The van der Waals surface area contributed by atoms with Gasteiger partial charge in [-0.1, -0.05) is 6.92 Å². The van der Waals surface area contributed by atoms with Crippen LogP contribution in [0.2, 0.25) is 0 Å². The summed E-state index contributed by atoms with van der Waals surface area (Å²) in [6.07, 6.45) is 0.0569. The number of benzene rings is 1. The largest absolute Gasteiger partial charge is 0.469 e. The molecular weight excluding hydrogens is 316 g/mol. The van der Waals surface area contributed by atoms with E-state index in [1.54, 1.807) is 19.1 Å². The van der Waals surface area contributed by atoms with Gasteiger partial charge < -0.3 is 14.2 Å². The molecule has 2 rings (SSSR count). The van der Waals surface area contributed by atoms with Crippen molar-refractivity contribution in [2.24, 2.45) is 5.92 Å². The molecule has 0 amide bonds. The number of halogens is 1. The first-order chi connectivity index (χ1) is 9.02. The van der Waals surface area contributed by atoms with E-state index in [1.165, 1.54) is 7.11 Å². The number of methoxy groups -OCH3 is 1. The van der Waals surface area contributed by atoms with Gasteiger partial charge in [0.05, 0.1) is 18.0 Å². The number of ketones is 1. The Labute approximate surface area is 119 Å². The summed E-state index contributed by atoms with van der Waals surface area (Å²) < 4.78 is 15.7. The fourth-order valence-electron chi connectivity index (χ4n) is 1.82. The molecule has 1 aromatic rings. The van der Waals surface area contributed by atoms with Gasteiger partial charge in [0.2, 0.25) is 6.79 Å². The number of carbonyl (C=O) groups excluding carboxylic acids is 2. The van der Waals surface area contributed by atoms with E-state index < -0.39 is 11.9 Å². The van der Waals surface area contributed by atoms with Gasteiger partial charge >= 0.3 is 5.97 Å². The lowest BCUT2D eigenvalue weighted by molar-refractivity contribution is -0.141. The SMILES string of the molecule is COC(=O)CC(C)C(=O)c1cc(Br)c2c(c1)OCO2. The number of hydrogen-bond donors (Lipinski definition) is 0. The van der Waals surface area contributed by atoms with Gasteiger partial charge in [0, 0.05) is 11.5 Å². The van der Waals surface area contributed by atoms with Crippen molar-refractivity contribution >= 4 is 27.7 Å². The maximum Gasteiger partial charge on any atom is 0.306 e. The van der Waals surface area contributed by atoms with Gasteiger partial charge in [0.15, 0.2) is 17.3 Å². The predicted molar refractivity (Wildman–Crippen MR) is 70.4 cm³/mol. The molecule has 0 fully saturated rings. The lowest BCUT2D eigenvalue weighted by Crippen LogP contribution is -2.16. The van der Waals surface area contributed by atoms with Gasteiger partial charge in [-0.25, -0.2) is 0 Å². The molecule has 0 spiro atoms. The molecule has 0 aromatic heterocycles. The van der Waals surface area contributed by atoms with Crippen molar-refractivity contribution in [3.63, 3.8) is 0 Å². The highest BCUT2D eigenvalue weighted by molar-refractivity contribution is 9.10. The molecule has 0 bridgehead atoms. The Balaban J connectivity index is 2.20. The highest BCUT2D eigenvalue weighted by Crippen LogP contribution is 2.40. The van der Waals surface area contributed by atoms with Crippen molar-refractivity contribution in [1.82, 2.24) is 0 Å². The third-order valence-corrected chi connectivity index (χ3v) is 3.45. The standard InChI is InChI=1S/C13H13BrO5/c1-7(3-11(15)17-2)12(16)8-4-9(14)13-10(5-8)18-6-19-13/h4-5,7H,3,6H2,1-2H3. The fraction of sp³-hybridized carbons (Fsp3) is 0.385. The third-order valence-electron chi connectivity index (χ3n) is 2.86. The molecule has 102 valence electrons. The summed E-state index contributed by atoms with van der Waals surface area (Å²) in [5.74, 6) is 0.143. The molecule has 1 aromatic carbocycles. The molecule has 0 radical (unpaired) electrons. The Hall–Kier alpha value is -1.56. The molecule has 0 saturated heterocycles. The van der Waals surface area contributed by atoms with E-state index in [2.05, 4.69) is 20.7 Å². The van der Waals surface area contributed by atoms with Crippen LogP contribution in [0, 0.1) is 5.92 Å². The zero-order chi connectivity index (χ0) is 14.0. The highest BCUT2D eigenvalue weighted by Gasteiger charge is 2.24. The fourth-order valence-corrected chi connectivity index (χ4v) is 2.38. The number of esters is 1. The summed E-state index contributed by atoms with van der Waals surface area (Å²) >= 11 is 3.33. The lowest BCUT2D eigenvalue weighted by atomic mass is 9.96. The summed E-state index contributed by atoms with van der Waals surface area (Å²) in [4.78, 5) is 23.4. The van der Waals surface area contributed by atoms with Crippen molar-refractivity contribution < 1.29 is 23.8 Å². The molecule has 1 aliphatic rings. The van der Waals surface area contributed by atoms with E-state index in [9.17, 15) is 9.59 Å². The van der Waals surface area contributed by atoms with Crippen molar-refractivity contribution in [3.05, 3.63) is 22.2 Å². The zero-order valence-corrected chi connectivity index (χ0v) is 12.2. The Kier molecular flexibility index (Phi) is 4.09. The van der Waals surface area contributed by atoms with Crippen LogP contribution in [0.15, 0.2) is 16.6 Å². The summed E-state index contributed by atoms with van der Waals surface area (Å²) in [6, 6.07) is 3.30. The van der Waals surface area contributed by atoms with E-state index in [0.29, 0.717) is 21.5 Å². The molecule has 0 saturated carbocycles. The van der Waals surface area contributed by atoms with Crippen molar-refractivity contribution in [3.8, 4) is 11.5 Å². The van der Waals surface area contributed by atoms with Gasteiger partial charge in [0.1, 0.15) is 0 Å². The van der Waals surface area contributed by atoms with Crippen LogP contribution in [-0.4, -0.2) is 25.7 Å². The number of rotatable bonds is 4. The van der Waals surface area contributed by atoms with E-state index in [4.69, 9.17) is 9.47 Å². The molecule has 1 aliphatic heterocycles. The maximum atomic E-state index is 12.2. The molecule has 19 heavy (non-hydrogen) atoms. The Morgan fingerprint density at radius 1 is 1.42 bits per heavy atom. The van der Waals surface area contributed by atoms with Crippen molar-refractivity contribution in [2.45, 2.75) is 13.3 Å². The molecule has 6 heteroatoms. The number of Topliss-reactive ketones (excluding diaryl/α,β-unsaturated/α-hetero) is 1. The minimum Gasteiger partial charge on any atom is -0.469 e. The first kappa shape index (κ1) is 13.9. The van der Waals surface area contributed by atoms with E-state index in [-0.39, 0.29) is 19.0 Å². The first-order valence-corrected chi connectivity index (χ1v) is 6.52. The van der Waals surface area contributed by atoms with Crippen LogP contribution in [-0.2, 0) is 9.53 Å². The molecule has 1 heterocycles. The minimum atomic E-state index is -0.445. The predicted octanol–water partition coefficient (Wildman–Crippen LogP) is 2.56. The normalized spacial score (nSPS) is 14.1. The van der Waals surface area contributed by atoms with E-state index in [0.717, 1.165) is 0 Å². The highest BCUT2D eigenvalue weighted by atomic mass is 79.9. The number of ether oxygens (including phenoxy) is 3. The lowest BCUT2D eigenvalue weighted by Gasteiger charge is -2.10. The number of hydrogen-bond acceptors (Lipinski definition) is 5. The summed E-state index contributed by atoms with van der Waals surface area (Å²) in [5.41, 5.74) is 0.479. The first-order valence-electron chi connectivity index (χ1n) is 5.73. The Morgan fingerprint density at radius 2 is 2.16 bits per heavy atom. The molecule has 1 unspecified atom stereocenters. The zero-order valence-electron chi connectivity index (χ0n) is 10.6. The van der Waals surface area contributed by atoms with Crippen LogP contribution >= 0.6 is 15.9 Å². The van der Waals surface area contributed by atoms with E-state index in [1.807, 2.05) is 0 Å². The van der Waals surface area contributed by atoms with Gasteiger partial charge in [-0.05, 0) is 28.1 Å². The average molecular weight is 329 g/mol. The van der Waals surface area contributed by atoms with Crippen molar-refractivity contribution in [1.29, 1.82) is 0 Å². The van der Waals surface area contributed by atoms with Crippen LogP contribution in [0.25, 0.3) is 0 Å². The van der Waals surface area contributed by atoms with Crippen LogP contribution in [0.3, 0.4) is 0 Å².